The lowest BCUT2D eigenvalue weighted by Crippen LogP contribution is -2.27. The van der Waals surface area contributed by atoms with Crippen LogP contribution in [-0.4, -0.2) is 26.1 Å². The SMILES string of the molecule is O=C(CSc1nc2ccccc2c(=O)n1C1CCCC1)Nc1ccc(Cl)cc1[N+](=O)[O-]. The Morgan fingerprint density at radius 3 is 2.74 bits per heavy atom. The Morgan fingerprint density at radius 2 is 2.00 bits per heavy atom. The van der Waals surface area contributed by atoms with E-state index >= 15 is 0 Å². The summed E-state index contributed by atoms with van der Waals surface area (Å²) in [6.07, 6.45) is 3.90. The van der Waals surface area contributed by atoms with E-state index in [1.807, 2.05) is 12.1 Å². The fourth-order valence-corrected chi connectivity index (χ4v) is 4.82. The Balaban J connectivity index is 1.59. The second-order valence-electron chi connectivity index (χ2n) is 7.28. The number of halogens is 1. The van der Waals surface area contributed by atoms with Crippen LogP contribution in [0.5, 0.6) is 0 Å². The van der Waals surface area contributed by atoms with E-state index in [1.165, 1.54) is 18.2 Å². The smallest absolute Gasteiger partial charge is 0.294 e. The topological polar surface area (TPSA) is 107 Å². The van der Waals surface area contributed by atoms with Gasteiger partial charge in [0.15, 0.2) is 5.16 Å². The molecule has 0 unspecified atom stereocenters. The number of anilines is 1. The van der Waals surface area contributed by atoms with Crippen LogP contribution in [0.15, 0.2) is 52.4 Å². The molecule has 1 aromatic heterocycles. The molecular formula is C21H19ClN4O4S. The number of thioether (sulfide) groups is 1. The lowest BCUT2D eigenvalue weighted by Gasteiger charge is -2.18. The quantitative estimate of drug-likeness (QED) is 0.246. The number of nitro groups is 1. The van der Waals surface area contributed by atoms with Gasteiger partial charge in [-0.25, -0.2) is 4.98 Å². The second-order valence-corrected chi connectivity index (χ2v) is 8.66. The number of amides is 1. The van der Waals surface area contributed by atoms with E-state index in [4.69, 9.17) is 11.6 Å². The molecular weight excluding hydrogens is 440 g/mol. The van der Waals surface area contributed by atoms with Gasteiger partial charge in [-0.3, -0.25) is 24.3 Å². The van der Waals surface area contributed by atoms with Crippen molar-refractivity contribution in [1.29, 1.82) is 0 Å². The summed E-state index contributed by atoms with van der Waals surface area (Å²) in [7, 11) is 0. The first-order valence-corrected chi connectivity index (χ1v) is 11.2. The van der Waals surface area contributed by atoms with Crippen molar-refractivity contribution in [3.63, 3.8) is 0 Å². The van der Waals surface area contributed by atoms with Crippen molar-refractivity contribution in [3.8, 4) is 0 Å². The van der Waals surface area contributed by atoms with E-state index in [-0.39, 0.29) is 33.8 Å². The fourth-order valence-electron chi connectivity index (χ4n) is 3.79. The average Bonchev–Trinajstić information content (AvgIpc) is 3.28. The van der Waals surface area contributed by atoms with E-state index in [0.717, 1.165) is 37.4 Å². The Kier molecular flexibility index (Phi) is 6.24. The van der Waals surface area contributed by atoms with Gasteiger partial charge in [-0.2, -0.15) is 0 Å². The Labute approximate surface area is 186 Å². The van der Waals surface area contributed by atoms with Gasteiger partial charge in [0.2, 0.25) is 5.91 Å². The molecule has 0 saturated heterocycles. The van der Waals surface area contributed by atoms with Gasteiger partial charge in [-0.1, -0.05) is 48.3 Å². The van der Waals surface area contributed by atoms with Crippen molar-refractivity contribution in [3.05, 3.63) is 68.0 Å². The number of nitro benzene ring substituents is 1. The first kappa shape index (κ1) is 21.3. The van der Waals surface area contributed by atoms with Crippen LogP contribution in [0.3, 0.4) is 0 Å². The largest absolute Gasteiger partial charge is 0.320 e. The molecule has 1 aliphatic rings. The molecule has 0 atom stereocenters. The van der Waals surface area contributed by atoms with Crippen LogP contribution in [0.1, 0.15) is 31.7 Å². The molecule has 0 bridgehead atoms. The Hall–Kier alpha value is -2.91. The van der Waals surface area contributed by atoms with Crippen molar-refractivity contribution in [1.82, 2.24) is 9.55 Å². The minimum Gasteiger partial charge on any atom is -0.320 e. The lowest BCUT2D eigenvalue weighted by atomic mass is 10.2. The van der Waals surface area contributed by atoms with Crippen molar-refractivity contribution in [2.45, 2.75) is 36.9 Å². The summed E-state index contributed by atoms with van der Waals surface area (Å²) >= 11 is 6.97. The summed E-state index contributed by atoms with van der Waals surface area (Å²) in [5.41, 5.74) is 0.268. The standard InChI is InChI=1S/C21H19ClN4O4S/c22-13-9-10-17(18(11-13)26(29)30)23-19(27)12-31-21-24-16-8-4-3-7-15(16)20(28)25(21)14-5-1-2-6-14/h3-4,7-11,14H,1-2,5-6,12H2,(H,23,27). The summed E-state index contributed by atoms with van der Waals surface area (Å²) in [5.74, 6) is -0.479. The summed E-state index contributed by atoms with van der Waals surface area (Å²) < 4.78 is 1.71. The zero-order valence-electron chi connectivity index (χ0n) is 16.4. The van der Waals surface area contributed by atoms with Gasteiger partial charge >= 0.3 is 0 Å². The van der Waals surface area contributed by atoms with Crippen molar-refractivity contribution in [2.24, 2.45) is 0 Å². The number of nitrogens with zero attached hydrogens (tertiary/aromatic N) is 3. The minimum absolute atomic E-state index is 0.0444. The van der Waals surface area contributed by atoms with E-state index in [0.29, 0.717) is 16.1 Å². The van der Waals surface area contributed by atoms with Crippen LogP contribution in [0.4, 0.5) is 11.4 Å². The molecule has 31 heavy (non-hydrogen) atoms. The van der Waals surface area contributed by atoms with E-state index < -0.39 is 10.8 Å². The number of hydrogen-bond donors (Lipinski definition) is 1. The summed E-state index contributed by atoms with van der Waals surface area (Å²) in [5, 5.41) is 15.0. The highest BCUT2D eigenvalue weighted by Crippen LogP contribution is 2.32. The van der Waals surface area contributed by atoms with Crippen LogP contribution >= 0.6 is 23.4 Å². The number of aromatic nitrogens is 2. The monoisotopic (exact) mass is 458 g/mol. The second kappa shape index (κ2) is 9.07. The Morgan fingerprint density at radius 1 is 1.26 bits per heavy atom. The van der Waals surface area contributed by atoms with Crippen LogP contribution in [-0.2, 0) is 4.79 Å². The number of carbonyl (C=O) groups excluding carboxylic acids is 1. The van der Waals surface area contributed by atoms with Crippen LogP contribution in [0.25, 0.3) is 10.9 Å². The Bertz CT molecular complexity index is 1220. The molecule has 0 radical (unpaired) electrons. The molecule has 1 amide bonds. The van der Waals surface area contributed by atoms with Gasteiger partial charge in [0.1, 0.15) is 5.69 Å². The summed E-state index contributed by atoms with van der Waals surface area (Å²) in [6, 6.07) is 11.3. The number of para-hydroxylation sites is 1. The molecule has 8 nitrogen and oxygen atoms in total. The zero-order chi connectivity index (χ0) is 22.0. The minimum atomic E-state index is -0.600. The van der Waals surface area contributed by atoms with Crippen LogP contribution in [0.2, 0.25) is 5.02 Å². The molecule has 1 fully saturated rings. The average molecular weight is 459 g/mol. The molecule has 1 aliphatic carbocycles. The normalized spacial score (nSPS) is 14.1. The van der Waals surface area contributed by atoms with E-state index in [9.17, 15) is 19.7 Å². The van der Waals surface area contributed by atoms with Gasteiger partial charge in [-0.15, -0.1) is 0 Å². The van der Waals surface area contributed by atoms with Crippen LogP contribution in [0, 0.1) is 10.1 Å². The predicted octanol–water partition coefficient (Wildman–Crippen LogP) is 4.80. The molecule has 0 aliphatic heterocycles. The van der Waals surface area contributed by atoms with Gasteiger partial charge in [0.05, 0.1) is 21.6 Å². The molecule has 10 heteroatoms. The van der Waals surface area contributed by atoms with Crippen molar-refractivity contribution in [2.75, 3.05) is 11.1 Å². The summed E-state index contributed by atoms with van der Waals surface area (Å²) in [4.78, 5) is 40.9. The molecule has 1 heterocycles. The first-order valence-electron chi connectivity index (χ1n) is 9.82. The van der Waals surface area contributed by atoms with Gasteiger partial charge in [0.25, 0.3) is 11.2 Å². The van der Waals surface area contributed by atoms with Gasteiger partial charge in [-0.05, 0) is 37.1 Å². The summed E-state index contributed by atoms with van der Waals surface area (Å²) in [6.45, 7) is 0. The molecule has 3 aromatic rings. The third-order valence-electron chi connectivity index (χ3n) is 5.23. The number of fused-ring (bicyclic) bond motifs is 1. The maximum absolute atomic E-state index is 13.1. The van der Waals surface area contributed by atoms with E-state index in [1.54, 1.807) is 16.7 Å². The van der Waals surface area contributed by atoms with Gasteiger partial charge < -0.3 is 5.32 Å². The molecule has 2 aromatic carbocycles. The van der Waals surface area contributed by atoms with E-state index in [2.05, 4.69) is 10.3 Å². The highest BCUT2D eigenvalue weighted by atomic mass is 35.5. The fraction of sp³-hybridized carbons (Fsp3) is 0.286. The van der Waals surface area contributed by atoms with Gasteiger partial charge in [0, 0.05) is 17.1 Å². The maximum atomic E-state index is 13.1. The van der Waals surface area contributed by atoms with Crippen molar-refractivity contribution < 1.29 is 9.72 Å². The molecule has 0 spiro atoms. The third kappa shape index (κ3) is 4.57. The number of nitrogens with one attached hydrogen (secondary N) is 1. The maximum Gasteiger partial charge on any atom is 0.294 e. The highest BCUT2D eigenvalue weighted by molar-refractivity contribution is 7.99. The van der Waals surface area contributed by atoms with Crippen molar-refractivity contribution >= 4 is 51.5 Å². The molecule has 4 rings (SSSR count). The lowest BCUT2D eigenvalue weighted by molar-refractivity contribution is -0.383. The zero-order valence-corrected chi connectivity index (χ0v) is 18.0. The molecule has 160 valence electrons. The first-order chi connectivity index (χ1) is 14.9. The number of hydrogen-bond acceptors (Lipinski definition) is 6. The number of rotatable bonds is 6. The third-order valence-corrected chi connectivity index (χ3v) is 6.42. The number of carbonyl (C=O) groups is 1. The number of benzene rings is 2. The predicted molar refractivity (Wildman–Crippen MR) is 121 cm³/mol. The molecule has 1 N–H and O–H groups in total. The van der Waals surface area contributed by atoms with Crippen LogP contribution < -0.4 is 10.9 Å². The molecule has 1 saturated carbocycles. The highest BCUT2D eigenvalue weighted by Gasteiger charge is 2.24.